The van der Waals surface area contributed by atoms with Crippen molar-refractivity contribution in [1.29, 1.82) is 0 Å². The molecule has 0 bridgehead atoms. The molecule has 0 aromatic heterocycles. The zero-order chi connectivity index (χ0) is 12.2. The van der Waals surface area contributed by atoms with Gasteiger partial charge in [0.25, 0.3) is 0 Å². The highest BCUT2D eigenvalue weighted by Crippen LogP contribution is 2.47. The summed E-state index contributed by atoms with van der Waals surface area (Å²) in [7, 11) is -3.58. The van der Waals surface area contributed by atoms with E-state index in [1.165, 1.54) is 12.1 Å². The van der Waals surface area contributed by atoms with Gasteiger partial charge in [-0.2, -0.15) is 0 Å². The summed E-state index contributed by atoms with van der Waals surface area (Å²) in [6, 6.07) is 6.19. The van der Waals surface area contributed by atoms with E-state index in [0.717, 1.165) is 0 Å². The van der Waals surface area contributed by atoms with Crippen molar-refractivity contribution in [2.75, 3.05) is 0 Å². The van der Waals surface area contributed by atoms with Gasteiger partial charge in [-0.05, 0) is 31.0 Å². The maximum Gasteiger partial charge on any atom is 0.332 e. The molecular weight excluding hydrogens is 227 g/mol. The molecule has 90 valence electrons. The third-order valence-corrected chi connectivity index (χ3v) is 3.69. The first-order chi connectivity index (χ1) is 7.43. The number of benzene rings is 1. The number of rotatable bonds is 5. The van der Waals surface area contributed by atoms with E-state index in [0.29, 0.717) is 12.0 Å². The van der Waals surface area contributed by atoms with Gasteiger partial charge >= 0.3 is 7.60 Å². The molecule has 0 heterocycles. The van der Waals surface area contributed by atoms with Gasteiger partial charge in [-0.15, -0.1) is 0 Å². The lowest BCUT2D eigenvalue weighted by molar-refractivity contribution is 0.185. The van der Waals surface area contributed by atoms with Crippen molar-refractivity contribution < 1.29 is 19.1 Å². The number of phenolic OH excluding ortho intramolecular Hbond substituents is 1. The second kappa shape index (κ2) is 5.48. The van der Waals surface area contributed by atoms with Crippen molar-refractivity contribution in [2.45, 2.75) is 32.5 Å². The van der Waals surface area contributed by atoms with Gasteiger partial charge in [0, 0.05) is 0 Å². The van der Waals surface area contributed by atoms with E-state index in [9.17, 15) is 9.46 Å². The van der Waals surface area contributed by atoms with Crippen LogP contribution >= 0.6 is 7.60 Å². The molecule has 1 aromatic carbocycles. The van der Waals surface area contributed by atoms with Crippen LogP contribution in [0.15, 0.2) is 24.3 Å². The molecule has 16 heavy (non-hydrogen) atoms. The van der Waals surface area contributed by atoms with Crippen molar-refractivity contribution in [1.82, 2.24) is 0 Å². The SMILES string of the molecule is CCC(C)OP(=O)(O)Cc1ccc(O)cc1. The highest BCUT2D eigenvalue weighted by Gasteiger charge is 2.22. The monoisotopic (exact) mass is 244 g/mol. The molecule has 0 amide bonds. The highest BCUT2D eigenvalue weighted by atomic mass is 31.2. The van der Waals surface area contributed by atoms with Crippen LogP contribution in [0.25, 0.3) is 0 Å². The van der Waals surface area contributed by atoms with E-state index in [2.05, 4.69) is 0 Å². The topological polar surface area (TPSA) is 66.8 Å². The average Bonchev–Trinajstić information content (AvgIpc) is 2.20. The first-order valence-electron chi connectivity index (χ1n) is 5.21. The molecule has 0 saturated carbocycles. The summed E-state index contributed by atoms with van der Waals surface area (Å²) < 4.78 is 16.8. The first-order valence-corrected chi connectivity index (χ1v) is 6.97. The van der Waals surface area contributed by atoms with Crippen molar-refractivity contribution in [2.24, 2.45) is 0 Å². The number of aromatic hydroxyl groups is 1. The Balaban J connectivity index is 2.65. The molecule has 0 aliphatic rings. The molecule has 0 radical (unpaired) electrons. The molecule has 0 aliphatic heterocycles. The van der Waals surface area contributed by atoms with Gasteiger partial charge in [0.05, 0.1) is 12.3 Å². The second-order valence-corrected chi connectivity index (χ2v) is 5.59. The fraction of sp³-hybridized carbons (Fsp3) is 0.455. The molecule has 1 aromatic rings. The van der Waals surface area contributed by atoms with Gasteiger partial charge in [-0.3, -0.25) is 4.57 Å². The molecule has 1 rings (SSSR count). The Morgan fingerprint density at radius 3 is 2.44 bits per heavy atom. The Bertz CT molecular complexity index is 374. The number of hydrogen-bond acceptors (Lipinski definition) is 3. The molecular formula is C11H17O4P. The van der Waals surface area contributed by atoms with Gasteiger partial charge in [-0.1, -0.05) is 19.1 Å². The van der Waals surface area contributed by atoms with Crippen LogP contribution in [0, 0.1) is 0 Å². The van der Waals surface area contributed by atoms with Crippen LogP contribution < -0.4 is 0 Å². The summed E-state index contributed by atoms with van der Waals surface area (Å²) in [6.45, 7) is 3.66. The minimum Gasteiger partial charge on any atom is -0.508 e. The number of phenols is 1. The third-order valence-electron chi connectivity index (χ3n) is 2.24. The van der Waals surface area contributed by atoms with Crippen LogP contribution in [0.2, 0.25) is 0 Å². The van der Waals surface area contributed by atoms with Crippen molar-refractivity contribution >= 4 is 7.60 Å². The summed E-state index contributed by atoms with van der Waals surface area (Å²) in [4.78, 5) is 9.61. The minimum atomic E-state index is -3.58. The van der Waals surface area contributed by atoms with Crippen molar-refractivity contribution in [3.8, 4) is 5.75 Å². The first kappa shape index (κ1) is 13.2. The van der Waals surface area contributed by atoms with Gasteiger partial charge in [0.1, 0.15) is 5.75 Å². The maximum atomic E-state index is 11.7. The van der Waals surface area contributed by atoms with E-state index in [1.54, 1.807) is 19.1 Å². The molecule has 4 nitrogen and oxygen atoms in total. The Morgan fingerprint density at radius 1 is 1.38 bits per heavy atom. The van der Waals surface area contributed by atoms with Crippen LogP contribution in [0.5, 0.6) is 5.75 Å². The van der Waals surface area contributed by atoms with Crippen LogP contribution in [-0.4, -0.2) is 16.1 Å². The predicted molar refractivity (Wildman–Crippen MR) is 62.5 cm³/mol. The van der Waals surface area contributed by atoms with Gasteiger partial charge in [-0.25, -0.2) is 0 Å². The van der Waals surface area contributed by atoms with Crippen LogP contribution in [-0.2, 0) is 15.3 Å². The average molecular weight is 244 g/mol. The summed E-state index contributed by atoms with van der Waals surface area (Å²) in [5.74, 6) is 0.138. The molecule has 0 aliphatic carbocycles. The molecule has 2 N–H and O–H groups in total. The maximum absolute atomic E-state index is 11.7. The fourth-order valence-corrected chi connectivity index (χ4v) is 2.68. The van der Waals surface area contributed by atoms with E-state index < -0.39 is 7.60 Å². The van der Waals surface area contributed by atoms with Crippen LogP contribution in [0.1, 0.15) is 25.8 Å². The normalized spacial score (nSPS) is 16.7. The molecule has 0 saturated heterocycles. The van der Waals surface area contributed by atoms with Crippen molar-refractivity contribution in [3.63, 3.8) is 0 Å². The lowest BCUT2D eigenvalue weighted by Gasteiger charge is -2.16. The summed E-state index contributed by atoms with van der Waals surface area (Å²) in [5.41, 5.74) is 0.673. The third kappa shape index (κ3) is 4.35. The minimum absolute atomic E-state index is 0.0301. The molecule has 2 unspecified atom stereocenters. The summed E-state index contributed by atoms with van der Waals surface area (Å²) >= 11 is 0. The second-order valence-electron chi connectivity index (χ2n) is 3.79. The van der Waals surface area contributed by atoms with E-state index in [4.69, 9.17) is 9.63 Å². The van der Waals surface area contributed by atoms with E-state index in [-0.39, 0.29) is 18.0 Å². The zero-order valence-corrected chi connectivity index (χ0v) is 10.4. The van der Waals surface area contributed by atoms with Gasteiger partial charge in [0.2, 0.25) is 0 Å². The smallest absolute Gasteiger partial charge is 0.332 e. The van der Waals surface area contributed by atoms with Gasteiger partial charge < -0.3 is 14.5 Å². The van der Waals surface area contributed by atoms with Gasteiger partial charge in [0.15, 0.2) is 0 Å². The lowest BCUT2D eigenvalue weighted by Crippen LogP contribution is -2.05. The quantitative estimate of drug-likeness (QED) is 0.781. The summed E-state index contributed by atoms with van der Waals surface area (Å²) in [5, 5.41) is 9.08. The standard InChI is InChI=1S/C11H17O4P/c1-3-9(2)15-16(13,14)8-10-4-6-11(12)7-5-10/h4-7,9,12H,3,8H2,1-2H3,(H,13,14). The van der Waals surface area contributed by atoms with Crippen LogP contribution in [0.4, 0.5) is 0 Å². The zero-order valence-electron chi connectivity index (χ0n) is 9.46. The molecule has 2 atom stereocenters. The Kier molecular flexibility index (Phi) is 4.54. The number of hydrogen-bond donors (Lipinski definition) is 2. The Labute approximate surface area is 95.4 Å². The van der Waals surface area contributed by atoms with E-state index >= 15 is 0 Å². The summed E-state index contributed by atoms with van der Waals surface area (Å²) in [6.07, 6.45) is 0.436. The molecule has 5 heteroatoms. The molecule has 0 spiro atoms. The lowest BCUT2D eigenvalue weighted by atomic mass is 10.2. The molecule has 0 fully saturated rings. The Morgan fingerprint density at radius 2 is 1.94 bits per heavy atom. The van der Waals surface area contributed by atoms with Crippen molar-refractivity contribution in [3.05, 3.63) is 29.8 Å². The highest BCUT2D eigenvalue weighted by molar-refractivity contribution is 7.51. The Hall–Kier alpha value is -0.830. The fourth-order valence-electron chi connectivity index (χ4n) is 1.23. The van der Waals surface area contributed by atoms with Crippen LogP contribution in [0.3, 0.4) is 0 Å². The van der Waals surface area contributed by atoms with E-state index in [1.807, 2.05) is 6.92 Å². The predicted octanol–water partition coefficient (Wildman–Crippen LogP) is 2.89. The largest absolute Gasteiger partial charge is 0.508 e.